The molecule has 0 bridgehead atoms. The number of aromatic nitrogens is 5. The number of pyridine rings is 1. The Bertz CT molecular complexity index is 1360. The van der Waals surface area contributed by atoms with Gasteiger partial charge >= 0.3 is 0 Å². The Hall–Kier alpha value is -3.46. The topological polar surface area (TPSA) is 125 Å². The molecule has 1 aromatic carbocycles. The summed E-state index contributed by atoms with van der Waals surface area (Å²) in [6.07, 6.45) is 3.29. The monoisotopic (exact) mass is 437 g/mol. The van der Waals surface area contributed by atoms with Crippen LogP contribution in [-0.4, -0.2) is 24.7 Å². The molecule has 1 atom stereocenters. The Morgan fingerprint density at radius 2 is 2.13 bits per heavy atom. The number of fused-ring (bicyclic) bond motifs is 1. The summed E-state index contributed by atoms with van der Waals surface area (Å²) in [5.41, 5.74) is 7.32. The molecule has 0 aliphatic heterocycles. The molecule has 5 rings (SSSR count). The zero-order valence-corrected chi connectivity index (χ0v) is 17.7. The summed E-state index contributed by atoms with van der Waals surface area (Å²) in [7, 11) is 0. The van der Waals surface area contributed by atoms with Crippen molar-refractivity contribution >= 4 is 34.0 Å². The van der Waals surface area contributed by atoms with Crippen LogP contribution in [0.1, 0.15) is 43.4 Å². The van der Waals surface area contributed by atoms with Crippen LogP contribution in [-0.2, 0) is 0 Å². The van der Waals surface area contributed by atoms with E-state index in [-0.39, 0.29) is 23.5 Å². The minimum Gasteiger partial charge on any atom is -0.383 e. The summed E-state index contributed by atoms with van der Waals surface area (Å²) in [6.45, 7) is 3.66. The second kappa shape index (κ2) is 7.35. The van der Waals surface area contributed by atoms with Crippen LogP contribution >= 0.6 is 11.6 Å². The molecule has 1 aliphatic rings. The highest BCUT2D eigenvalue weighted by Gasteiger charge is 2.30. The van der Waals surface area contributed by atoms with Gasteiger partial charge in [0.1, 0.15) is 23.5 Å². The highest BCUT2D eigenvalue weighted by molar-refractivity contribution is 6.35. The van der Waals surface area contributed by atoms with Gasteiger partial charge in [0.25, 0.3) is 5.56 Å². The van der Waals surface area contributed by atoms with Crippen LogP contribution in [0.25, 0.3) is 22.2 Å². The molecule has 31 heavy (non-hydrogen) atoms. The summed E-state index contributed by atoms with van der Waals surface area (Å²) in [6, 6.07) is 7.38. The third-order valence-corrected chi connectivity index (χ3v) is 5.71. The Balaban J connectivity index is 1.61. The quantitative estimate of drug-likeness (QED) is 0.481. The third kappa shape index (κ3) is 3.40. The van der Waals surface area contributed by atoms with E-state index in [2.05, 4.69) is 25.4 Å². The molecule has 0 spiro atoms. The number of hydrogen-bond acceptors (Lipinski definition) is 8. The number of halogens is 1. The average Bonchev–Trinajstić information content (AvgIpc) is 3.48. The average molecular weight is 438 g/mol. The molecule has 1 fully saturated rings. The van der Waals surface area contributed by atoms with Crippen LogP contribution in [0.15, 0.2) is 39.9 Å². The van der Waals surface area contributed by atoms with E-state index in [1.165, 1.54) is 6.33 Å². The maximum Gasteiger partial charge on any atom is 0.260 e. The molecule has 0 amide bonds. The molecule has 3 N–H and O–H groups in total. The van der Waals surface area contributed by atoms with E-state index in [1.807, 2.05) is 29.7 Å². The highest BCUT2D eigenvalue weighted by atomic mass is 35.5. The molecule has 1 saturated carbocycles. The van der Waals surface area contributed by atoms with Gasteiger partial charge in [0.15, 0.2) is 0 Å². The van der Waals surface area contributed by atoms with Gasteiger partial charge in [-0.2, -0.15) is 4.98 Å². The fourth-order valence-electron chi connectivity index (χ4n) is 3.81. The molecule has 3 aromatic heterocycles. The van der Waals surface area contributed by atoms with Crippen molar-refractivity contribution in [2.75, 3.05) is 11.1 Å². The molecule has 1 unspecified atom stereocenters. The van der Waals surface area contributed by atoms with E-state index < -0.39 is 0 Å². The minimum atomic E-state index is -0.266. The number of anilines is 2. The van der Waals surface area contributed by atoms with Crippen molar-refractivity contribution in [2.24, 2.45) is 0 Å². The molecule has 4 aromatic rings. The Labute approximate surface area is 182 Å². The number of hydrogen-bond donors (Lipinski definition) is 2. The van der Waals surface area contributed by atoms with Crippen LogP contribution in [0.4, 0.5) is 11.6 Å². The number of benzene rings is 1. The number of nitrogens with one attached hydrogen (secondary N) is 1. The number of aryl methyl sites for hydroxylation is 1. The summed E-state index contributed by atoms with van der Waals surface area (Å²) in [4.78, 5) is 26.0. The lowest BCUT2D eigenvalue weighted by Crippen LogP contribution is -2.26. The van der Waals surface area contributed by atoms with Crippen LogP contribution in [0.3, 0.4) is 0 Å². The highest BCUT2D eigenvalue weighted by Crippen LogP contribution is 2.38. The van der Waals surface area contributed by atoms with Crippen LogP contribution in [0.5, 0.6) is 0 Å². The molecule has 10 heteroatoms. The van der Waals surface area contributed by atoms with Crippen LogP contribution in [0.2, 0.25) is 5.02 Å². The predicted molar refractivity (Wildman–Crippen MR) is 118 cm³/mol. The van der Waals surface area contributed by atoms with Gasteiger partial charge in [-0.25, -0.2) is 9.97 Å². The Kier molecular flexibility index (Phi) is 4.62. The molecule has 3 heterocycles. The number of nitrogen functional groups attached to an aromatic ring is 1. The predicted octanol–water partition coefficient (Wildman–Crippen LogP) is 3.89. The molecular weight excluding hydrogens is 418 g/mol. The van der Waals surface area contributed by atoms with E-state index in [1.54, 1.807) is 13.0 Å². The van der Waals surface area contributed by atoms with Crippen molar-refractivity contribution in [2.45, 2.75) is 38.8 Å². The van der Waals surface area contributed by atoms with Crippen molar-refractivity contribution in [3.8, 4) is 11.4 Å². The maximum absolute atomic E-state index is 13.3. The lowest BCUT2D eigenvalue weighted by atomic mass is 10.1. The van der Waals surface area contributed by atoms with Crippen molar-refractivity contribution in [3.05, 3.63) is 57.6 Å². The summed E-state index contributed by atoms with van der Waals surface area (Å²) in [5.74, 6) is 1.40. The first-order chi connectivity index (χ1) is 14.9. The van der Waals surface area contributed by atoms with E-state index in [0.717, 1.165) is 23.9 Å². The fourth-order valence-corrected chi connectivity index (χ4v) is 4.07. The van der Waals surface area contributed by atoms with Crippen molar-refractivity contribution in [1.82, 2.24) is 24.7 Å². The molecule has 1 aliphatic carbocycles. The smallest absolute Gasteiger partial charge is 0.260 e. The second-order valence-corrected chi connectivity index (χ2v) is 8.07. The molecule has 158 valence electrons. The molecule has 0 radical (unpaired) electrons. The van der Waals surface area contributed by atoms with Gasteiger partial charge in [-0.15, -0.1) is 0 Å². The van der Waals surface area contributed by atoms with Gasteiger partial charge in [-0.1, -0.05) is 28.9 Å². The fraction of sp³-hybridized carbons (Fsp3) is 0.286. The van der Waals surface area contributed by atoms with Gasteiger partial charge in [0, 0.05) is 18.7 Å². The van der Waals surface area contributed by atoms with Gasteiger partial charge in [-0.3, -0.25) is 4.79 Å². The summed E-state index contributed by atoms with van der Waals surface area (Å²) < 4.78 is 6.94. The van der Waals surface area contributed by atoms with Gasteiger partial charge in [0.2, 0.25) is 11.7 Å². The second-order valence-electron chi connectivity index (χ2n) is 7.67. The molecular formula is C21H20ClN7O2. The molecule has 9 nitrogen and oxygen atoms in total. The van der Waals surface area contributed by atoms with Gasteiger partial charge in [-0.05, 0) is 37.3 Å². The standard InChI is InChI=1S/C21H20ClN7O2/c1-10(26-19-17(18(23)24-9-25-19)20-27-11(2)31-28-20)15-8-12-4-3-5-14(22)16(12)21(30)29(15)13-6-7-13/h3-5,8-10,13H,6-7H2,1-2H3,(H3,23,24,25,26). The summed E-state index contributed by atoms with van der Waals surface area (Å²) >= 11 is 6.35. The summed E-state index contributed by atoms with van der Waals surface area (Å²) in [5, 5.41) is 9.12. The van der Waals surface area contributed by atoms with Crippen molar-refractivity contribution in [3.63, 3.8) is 0 Å². The maximum atomic E-state index is 13.3. The van der Waals surface area contributed by atoms with Crippen molar-refractivity contribution < 1.29 is 4.52 Å². The third-order valence-electron chi connectivity index (χ3n) is 5.40. The number of rotatable bonds is 5. The normalized spacial score (nSPS) is 14.7. The number of nitrogens with two attached hydrogens (primary N) is 1. The van der Waals surface area contributed by atoms with E-state index in [4.69, 9.17) is 21.9 Å². The van der Waals surface area contributed by atoms with E-state index >= 15 is 0 Å². The van der Waals surface area contributed by atoms with Crippen LogP contribution < -0.4 is 16.6 Å². The van der Waals surface area contributed by atoms with Crippen molar-refractivity contribution in [1.29, 1.82) is 0 Å². The lowest BCUT2D eigenvalue weighted by molar-refractivity contribution is 0.394. The lowest BCUT2D eigenvalue weighted by Gasteiger charge is -2.22. The first-order valence-electron chi connectivity index (χ1n) is 9.95. The first-order valence-corrected chi connectivity index (χ1v) is 10.3. The SMILES string of the molecule is Cc1nc(-c2c(N)ncnc2NC(C)c2cc3cccc(Cl)c3c(=O)n2C2CC2)no1. The Morgan fingerprint density at radius 3 is 2.84 bits per heavy atom. The minimum absolute atomic E-state index is 0.0783. The first kappa shape index (κ1) is 19.5. The van der Waals surface area contributed by atoms with Gasteiger partial charge in [0.05, 0.1) is 16.5 Å². The zero-order chi connectivity index (χ0) is 21.7. The molecule has 0 saturated heterocycles. The number of nitrogens with zero attached hydrogens (tertiary/aromatic N) is 5. The van der Waals surface area contributed by atoms with Crippen LogP contribution in [0, 0.1) is 6.92 Å². The van der Waals surface area contributed by atoms with E-state index in [0.29, 0.717) is 33.5 Å². The van der Waals surface area contributed by atoms with E-state index in [9.17, 15) is 4.79 Å². The largest absolute Gasteiger partial charge is 0.383 e. The Morgan fingerprint density at radius 1 is 1.32 bits per heavy atom. The zero-order valence-electron chi connectivity index (χ0n) is 17.0. The van der Waals surface area contributed by atoms with Gasteiger partial charge < -0.3 is 20.1 Å².